The van der Waals surface area contributed by atoms with Gasteiger partial charge < -0.3 is 10.2 Å². The number of aliphatic hydroxyl groups is 2. The van der Waals surface area contributed by atoms with Crippen LogP contribution in [-0.4, -0.2) is 34.1 Å². The van der Waals surface area contributed by atoms with Crippen molar-refractivity contribution < 1.29 is 15.0 Å². The first-order chi connectivity index (χ1) is 12.1. The zero-order chi connectivity index (χ0) is 18.8. The van der Waals surface area contributed by atoms with E-state index in [0.29, 0.717) is 6.42 Å². The summed E-state index contributed by atoms with van der Waals surface area (Å²) in [6.07, 6.45) is 18.3. The van der Waals surface area contributed by atoms with Crippen LogP contribution in [-0.2, 0) is 4.79 Å². The van der Waals surface area contributed by atoms with E-state index in [1.165, 1.54) is 57.8 Å². The molecule has 0 aliphatic carbocycles. The summed E-state index contributed by atoms with van der Waals surface area (Å²) in [5.41, 5.74) is 0. The molecule has 0 aliphatic rings. The molecule has 0 amide bonds. The van der Waals surface area contributed by atoms with Crippen molar-refractivity contribution >= 4 is 17.4 Å². The molecule has 2 N–H and O–H groups in total. The van der Waals surface area contributed by atoms with E-state index in [4.69, 9.17) is 11.6 Å². The molecule has 0 rings (SSSR count). The normalized spacial score (nSPS) is 14.1. The molecule has 0 fully saturated rings. The minimum atomic E-state index is -1.32. The molecule has 0 bridgehead atoms. The van der Waals surface area contributed by atoms with Crippen LogP contribution in [0.1, 0.15) is 96.8 Å². The highest BCUT2D eigenvalue weighted by atomic mass is 35.5. The van der Waals surface area contributed by atoms with Gasteiger partial charge in [-0.2, -0.15) is 0 Å². The summed E-state index contributed by atoms with van der Waals surface area (Å²) in [7, 11) is 0. The highest BCUT2D eigenvalue weighted by molar-refractivity contribution is 6.18. The molecule has 0 radical (unpaired) electrons. The third-order valence-corrected chi connectivity index (χ3v) is 4.85. The van der Waals surface area contributed by atoms with E-state index in [-0.39, 0.29) is 11.7 Å². The lowest BCUT2D eigenvalue weighted by Crippen LogP contribution is -2.34. The van der Waals surface area contributed by atoms with Crippen molar-refractivity contribution in [3.63, 3.8) is 0 Å². The average molecular weight is 375 g/mol. The molecule has 25 heavy (non-hydrogen) atoms. The molecule has 0 heterocycles. The lowest BCUT2D eigenvalue weighted by Gasteiger charge is -2.13. The van der Waals surface area contributed by atoms with Crippen molar-refractivity contribution in [2.24, 2.45) is 0 Å². The summed E-state index contributed by atoms with van der Waals surface area (Å²) in [6, 6.07) is 0. The third kappa shape index (κ3) is 15.6. The van der Waals surface area contributed by atoms with Gasteiger partial charge in [-0.25, -0.2) is 0 Å². The van der Waals surface area contributed by atoms with E-state index in [0.717, 1.165) is 25.7 Å². The maximum atomic E-state index is 11.6. The molecule has 2 unspecified atom stereocenters. The molecule has 0 saturated carbocycles. The predicted molar refractivity (Wildman–Crippen MR) is 107 cm³/mol. The summed E-state index contributed by atoms with van der Waals surface area (Å²) in [6.45, 7) is 2.25. The number of alkyl halides is 1. The van der Waals surface area contributed by atoms with Crippen molar-refractivity contribution in [2.75, 3.05) is 5.88 Å². The van der Waals surface area contributed by atoms with Gasteiger partial charge in [-0.05, 0) is 32.1 Å². The van der Waals surface area contributed by atoms with Crippen molar-refractivity contribution in [1.82, 2.24) is 0 Å². The molecule has 4 heteroatoms. The number of ketones is 1. The standard InChI is InChI=1S/C21H39ClO3/c1-2-3-4-5-6-7-8-9-10-11-12-13-14-15-16-17-19(23)21(25)20(24)18-22/h9-10,20-21,24-25H,2-8,11-18H2,1H3/b10-9-. The van der Waals surface area contributed by atoms with Gasteiger partial charge in [-0.3, -0.25) is 4.79 Å². The van der Waals surface area contributed by atoms with Gasteiger partial charge in [-0.15, -0.1) is 11.6 Å². The second kappa shape index (κ2) is 18.4. The van der Waals surface area contributed by atoms with Gasteiger partial charge in [0.1, 0.15) is 12.2 Å². The zero-order valence-electron chi connectivity index (χ0n) is 16.1. The number of aliphatic hydroxyl groups excluding tert-OH is 2. The number of unbranched alkanes of at least 4 members (excludes halogenated alkanes) is 11. The number of rotatable bonds is 18. The summed E-state index contributed by atoms with van der Waals surface area (Å²) in [4.78, 5) is 11.6. The topological polar surface area (TPSA) is 57.5 Å². The first-order valence-corrected chi connectivity index (χ1v) is 10.8. The van der Waals surface area contributed by atoms with Gasteiger partial charge in [0.15, 0.2) is 5.78 Å². The van der Waals surface area contributed by atoms with Crippen molar-refractivity contribution in [2.45, 2.75) is 109 Å². The maximum Gasteiger partial charge on any atom is 0.163 e. The van der Waals surface area contributed by atoms with E-state index < -0.39 is 12.2 Å². The molecule has 0 saturated heterocycles. The highest BCUT2D eigenvalue weighted by Crippen LogP contribution is 2.11. The first-order valence-electron chi connectivity index (χ1n) is 10.2. The van der Waals surface area contributed by atoms with Crippen LogP contribution in [0.2, 0.25) is 0 Å². The summed E-state index contributed by atoms with van der Waals surface area (Å²) in [5, 5.41) is 18.8. The molecule has 3 nitrogen and oxygen atoms in total. The Morgan fingerprint density at radius 2 is 1.32 bits per heavy atom. The van der Waals surface area contributed by atoms with Crippen molar-refractivity contribution in [3.05, 3.63) is 12.2 Å². The third-order valence-electron chi connectivity index (χ3n) is 4.54. The molecular formula is C21H39ClO3. The molecular weight excluding hydrogens is 336 g/mol. The van der Waals surface area contributed by atoms with Crippen LogP contribution in [0.25, 0.3) is 0 Å². The average Bonchev–Trinajstić information content (AvgIpc) is 2.63. The molecule has 0 spiro atoms. The number of carbonyl (C=O) groups is 1. The van der Waals surface area contributed by atoms with Crippen molar-refractivity contribution in [3.8, 4) is 0 Å². The Morgan fingerprint density at radius 3 is 1.84 bits per heavy atom. The Bertz CT molecular complexity index is 331. The fourth-order valence-corrected chi connectivity index (χ4v) is 2.99. The van der Waals surface area contributed by atoms with Crippen LogP contribution < -0.4 is 0 Å². The minimum absolute atomic E-state index is 0.112. The fourth-order valence-electron chi connectivity index (χ4n) is 2.82. The second-order valence-corrected chi connectivity index (χ2v) is 7.28. The Labute approximate surface area is 159 Å². The molecule has 0 aromatic carbocycles. The monoisotopic (exact) mass is 374 g/mol. The van der Waals surface area contributed by atoms with Crippen LogP contribution in [0.4, 0.5) is 0 Å². The molecule has 0 aromatic heterocycles. The minimum Gasteiger partial charge on any atom is -0.389 e. The molecule has 0 aromatic rings. The number of Topliss-reactive ketones (excluding diaryl/α,β-unsaturated/α-hetero) is 1. The summed E-state index contributed by atoms with van der Waals surface area (Å²) in [5.74, 6) is -0.412. The van der Waals surface area contributed by atoms with Gasteiger partial charge in [0.2, 0.25) is 0 Å². The Balaban J connectivity index is 3.33. The highest BCUT2D eigenvalue weighted by Gasteiger charge is 2.22. The van der Waals surface area contributed by atoms with Crippen LogP contribution >= 0.6 is 11.6 Å². The number of halogens is 1. The van der Waals surface area contributed by atoms with Crippen LogP contribution in [0.5, 0.6) is 0 Å². The Morgan fingerprint density at radius 1 is 0.840 bits per heavy atom. The Hall–Kier alpha value is -0.380. The van der Waals surface area contributed by atoms with E-state index in [1.807, 2.05) is 0 Å². The fraction of sp³-hybridized carbons (Fsp3) is 0.857. The second-order valence-electron chi connectivity index (χ2n) is 6.97. The van der Waals surface area contributed by atoms with Crippen LogP contribution in [0.15, 0.2) is 12.2 Å². The number of hydrogen-bond acceptors (Lipinski definition) is 3. The smallest absolute Gasteiger partial charge is 0.163 e. The summed E-state index contributed by atoms with van der Waals surface area (Å²) >= 11 is 5.42. The zero-order valence-corrected chi connectivity index (χ0v) is 16.9. The van der Waals surface area contributed by atoms with E-state index in [2.05, 4.69) is 19.1 Å². The quantitative estimate of drug-likeness (QED) is 0.188. The van der Waals surface area contributed by atoms with Gasteiger partial charge >= 0.3 is 0 Å². The van der Waals surface area contributed by atoms with Crippen molar-refractivity contribution in [1.29, 1.82) is 0 Å². The number of allylic oxidation sites excluding steroid dienone is 2. The molecule has 2 atom stereocenters. The Kier molecular flexibility index (Phi) is 18.1. The molecule has 148 valence electrons. The van der Waals surface area contributed by atoms with Gasteiger partial charge in [-0.1, -0.05) is 70.4 Å². The summed E-state index contributed by atoms with van der Waals surface area (Å²) < 4.78 is 0. The van der Waals surface area contributed by atoms with Gasteiger partial charge in [0.05, 0.1) is 5.88 Å². The largest absolute Gasteiger partial charge is 0.389 e. The number of hydrogen-bond donors (Lipinski definition) is 2. The van der Waals surface area contributed by atoms with Crippen LogP contribution in [0, 0.1) is 0 Å². The lowest BCUT2D eigenvalue weighted by atomic mass is 10.0. The lowest BCUT2D eigenvalue weighted by molar-refractivity contribution is -0.132. The van der Waals surface area contributed by atoms with E-state index in [1.54, 1.807) is 0 Å². The SMILES string of the molecule is CCCCCCCC/C=C\CCCCCCCC(=O)C(O)C(O)CCl. The van der Waals surface area contributed by atoms with Crippen LogP contribution in [0.3, 0.4) is 0 Å². The maximum absolute atomic E-state index is 11.6. The first kappa shape index (κ1) is 24.6. The predicted octanol–water partition coefficient (Wildman–Crippen LogP) is 5.55. The van der Waals surface area contributed by atoms with E-state index in [9.17, 15) is 15.0 Å². The number of carbonyl (C=O) groups excluding carboxylic acids is 1. The van der Waals surface area contributed by atoms with E-state index >= 15 is 0 Å². The molecule has 0 aliphatic heterocycles. The van der Waals surface area contributed by atoms with Gasteiger partial charge in [0, 0.05) is 6.42 Å². The van der Waals surface area contributed by atoms with Gasteiger partial charge in [0.25, 0.3) is 0 Å².